The number of Topliss-reactive ketones (excluding diaryl/α,β-unsaturated/α-hetero) is 1. The third-order valence-electron chi connectivity index (χ3n) is 5.44. The van der Waals surface area contributed by atoms with Crippen LogP contribution in [-0.2, 0) is 6.42 Å². The summed E-state index contributed by atoms with van der Waals surface area (Å²) in [6.45, 7) is 8.16. The molecule has 4 nitrogen and oxygen atoms in total. The van der Waals surface area contributed by atoms with Gasteiger partial charge in [-0.2, -0.15) is 0 Å². The lowest BCUT2D eigenvalue weighted by Gasteiger charge is -2.27. The first-order valence-corrected chi connectivity index (χ1v) is 9.49. The molecule has 1 aromatic carbocycles. The molecule has 4 heteroatoms. The molecular weight excluding hydrogens is 350 g/mol. The number of benzene rings is 1. The van der Waals surface area contributed by atoms with Crippen LogP contribution >= 0.6 is 0 Å². The van der Waals surface area contributed by atoms with Crippen molar-refractivity contribution in [3.63, 3.8) is 0 Å². The van der Waals surface area contributed by atoms with E-state index in [9.17, 15) is 9.59 Å². The normalized spacial score (nSPS) is 15.4. The highest BCUT2D eigenvalue weighted by Gasteiger charge is 2.39. The van der Waals surface area contributed by atoms with Gasteiger partial charge in [0.1, 0.15) is 11.5 Å². The monoisotopic (exact) mass is 373 g/mol. The topological polar surface area (TPSA) is 60.2 Å². The second-order valence-corrected chi connectivity index (χ2v) is 8.39. The van der Waals surface area contributed by atoms with E-state index in [0.717, 1.165) is 16.7 Å². The number of aryl methyl sites for hydroxylation is 2. The van der Waals surface area contributed by atoms with Crippen LogP contribution in [0.4, 0.5) is 0 Å². The Morgan fingerprint density at radius 2 is 1.82 bits per heavy atom. The molecule has 28 heavy (non-hydrogen) atoms. The number of hydrogen-bond acceptors (Lipinski definition) is 4. The number of nitrogens with zero attached hydrogens (tertiary/aromatic N) is 1. The number of hydrogen-bond donors (Lipinski definition) is 0. The van der Waals surface area contributed by atoms with Crippen LogP contribution in [0.3, 0.4) is 0 Å². The number of carbonyl (C=O) groups is 2. The highest BCUT2D eigenvalue weighted by molar-refractivity contribution is 6.15. The summed E-state index contributed by atoms with van der Waals surface area (Å²) in [6.07, 6.45) is 2.65. The minimum absolute atomic E-state index is 0.0308. The third-order valence-corrected chi connectivity index (χ3v) is 5.44. The van der Waals surface area contributed by atoms with Crippen LogP contribution in [0.25, 0.3) is 11.1 Å². The first-order chi connectivity index (χ1) is 13.3. The molecule has 1 aliphatic carbocycles. The van der Waals surface area contributed by atoms with E-state index >= 15 is 0 Å². The summed E-state index contributed by atoms with van der Waals surface area (Å²) in [7, 11) is 0. The van der Waals surface area contributed by atoms with E-state index in [2.05, 4.69) is 4.98 Å². The van der Waals surface area contributed by atoms with Crippen molar-refractivity contribution in [2.24, 2.45) is 5.41 Å². The molecule has 0 unspecified atom stereocenters. The van der Waals surface area contributed by atoms with Crippen molar-refractivity contribution in [3.05, 3.63) is 76.5 Å². The second kappa shape index (κ2) is 6.55. The Hall–Kier alpha value is -3.01. The van der Waals surface area contributed by atoms with Gasteiger partial charge < -0.3 is 4.42 Å². The van der Waals surface area contributed by atoms with Crippen molar-refractivity contribution in [1.29, 1.82) is 0 Å². The van der Waals surface area contributed by atoms with Crippen molar-refractivity contribution in [2.75, 3.05) is 0 Å². The molecule has 0 bridgehead atoms. The van der Waals surface area contributed by atoms with Crippen molar-refractivity contribution < 1.29 is 14.0 Å². The first kappa shape index (κ1) is 18.4. The molecule has 3 aromatic rings. The van der Waals surface area contributed by atoms with Gasteiger partial charge in [-0.25, -0.2) is 0 Å². The van der Waals surface area contributed by atoms with E-state index in [1.807, 2.05) is 45.9 Å². The van der Waals surface area contributed by atoms with E-state index in [0.29, 0.717) is 35.4 Å². The molecule has 0 spiro atoms. The Morgan fingerprint density at radius 3 is 2.50 bits per heavy atom. The summed E-state index contributed by atoms with van der Waals surface area (Å²) < 4.78 is 6.07. The predicted octanol–water partition coefficient (Wildman–Crippen LogP) is 5.34. The number of ketones is 2. The van der Waals surface area contributed by atoms with Crippen LogP contribution in [-0.4, -0.2) is 16.6 Å². The van der Waals surface area contributed by atoms with Gasteiger partial charge in [-0.1, -0.05) is 38.1 Å². The van der Waals surface area contributed by atoms with E-state index in [4.69, 9.17) is 4.42 Å². The summed E-state index contributed by atoms with van der Waals surface area (Å²) in [6, 6.07) is 11.2. The van der Waals surface area contributed by atoms with Crippen molar-refractivity contribution >= 4 is 11.6 Å². The summed E-state index contributed by atoms with van der Waals surface area (Å²) in [4.78, 5) is 30.4. The summed E-state index contributed by atoms with van der Waals surface area (Å²) >= 11 is 0. The van der Waals surface area contributed by atoms with E-state index in [-0.39, 0.29) is 22.7 Å². The fourth-order valence-corrected chi connectivity index (χ4v) is 3.86. The lowest BCUT2D eigenvalue weighted by atomic mass is 9.75. The Balaban J connectivity index is 1.97. The number of carbonyl (C=O) groups excluding carboxylic acids is 2. The van der Waals surface area contributed by atoms with Gasteiger partial charge in [0.25, 0.3) is 0 Å². The molecular formula is C24H23NO3. The minimum Gasteiger partial charge on any atom is -0.456 e. The standard InChI is InChI=1S/C24H23NO3/c1-14-8-9-16(11-15(14)2)20-21-18(26)12-24(3,4)13-19(21)28-23(20)22(27)17-7-5-6-10-25-17/h5-11H,12-13H2,1-4H3. The quantitative estimate of drug-likeness (QED) is 0.581. The number of rotatable bonds is 3. The molecule has 0 saturated heterocycles. The highest BCUT2D eigenvalue weighted by atomic mass is 16.4. The maximum absolute atomic E-state index is 13.2. The third kappa shape index (κ3) is 3.09. The Labute approximate surface area is 164 Å². The molecule has 2 heterocycles. The molecule has 0 radical (unpaired) electrons. The molecule has 142 valence electrons. The average molecular weight is 373 g/mol. The molecule has 0 N–H and O–H groups in total. The zero-order valence-electron chi connectivity index (χ0n) is 16.6. The molecule has 2 aromatic heterocycles. The molecule has 0 saturated carbocycles. The Bertz CT molecular complexity index is 1090. The van der Waals surface area contributed by atoms with Gasteiger partial charge in [-0.05, 0) is 48.1 Å². The van der Waals surface area contributed by atoms with Crippen LogP contribution in [0.5, 0.6) is 0 Å². The molecule has 4 rings (SSSR count). The molecule has 0 amide bonds. The molecule has 0 aliphatic heterocycles. The molecule has 1 aliphatic rings. The number of pyridine rings is 1. The van der Waals surface area contributed by atoms with E-state index in [1.165, 1.54) is 0 Å². The molecule has 0 fully saturated rings. The minimum atomic E-state index is -0.297. The van der Waals surface area contributed by atoms with Gasteiger partial charge in [0, 0.05) is 24.6 Å². The predicted molar refractivity (Wildman–Crippen MR) is 108 cm³/mol. The van der Waals surface area contributed by atoms with E-state index in [1.54, 1.807) is 24.4 Å². The zero-order chi connectivity index (χ0) is 20.1. The smallest absolute Gasteiger partial charge is 0.247 e. The van der Waals surface area contributed by atoms with Gasteiger partial charge >= 0.3 is 0 Å². The van der Waals surface area contributed by atoms with Crippen LogP contribution < -0.4 is 0 Å². The van der Waals surface area contributed by atoms with Gasteiger partial charge in [0.2, 0.25) is 5.78 Å². The maximum Gasteiger partial charge on any atom is 0.247 e. The van der Waals surface area contributed by atoms with Crippen LogP contribution in [0, 0.1) is 19.3 Å². The summed E-state index contributed by atoms with van der Waals surface area (Å²) in [5.41, 5.74) is 4.38. The summed E-state index contributed by atoms with van der Waals surface area (Å²) in [5, 5.41) is 0. The zero-order valence-corrected chi connectivity index (χ0v) is 16.6. The van der Waals surface area contributed by atoms with Gasteiger partial charge in [0.15, 0.2) is 11.5 Å². The fourth-order valence-electron chi connectivity index (χ4n) is 3.86. The largest absolute Gasteiger partial charge is 0.456 e. The van der Waals surface area contributed by atoms with Crippen molar-refractivity contribution in [1.82, 2.24) is 4.98 Å². The Morgan fingerprint density at radius 1 is 1.04 bits per heavy atom. The van der Waals surface area contributed by atoms with E-state index < -0.39 is 0 Å². The number of fused-ring (bicyclic) bond motifs is 1. The second-order valence-electron chi connectivity index (χ2n) is 8.39. The number of furan rings is 1. The average Bonchev–Trinajstić information content (AvgIpc) is 3.02. The SMILES string of the molecule is Cc1ccc(-c2c(C(=O)c3ccccn3)oc3c2C(=O)CC(C)(C)C3)cc1C. The Kier molecular flexibility index (Phi) is 4.30. The van der Waals surface area contributed by atoms with Crippen LogP contribution in [0.15, 0.2) is 47.0 Å². The fraction of sp³-hybridized carbons (Fsp3) is 0.292. The van der Waals surface area contributed by atoms with Crippen LogP contribution in [0.2, 0.25) is 0 Å². The number of aromatic nitrogens is 1. The summed E-state index contributed by atoms with van der Waals surface area (Å²) in [5.74, 6) is 0.545. The lowest BCUT2D eigenvalue weighted by Crippen LogP contribution is -2.26. The lowest BCUT2D eigenvalue weighted by molar-refractivity contribution is 0.0899. The van der Waals surface area contributed by atoms with Crippen molar-refractivity contribution in [2.45, 2.75) is 40.5 Å². The highest BCUT2D eigenvalue weighted by Crippen LogP contribution is 2.43. The van der Waals surface area contributed by atoms with Gasteiger partial charge in [-0.15, -0.1) is 0 Å². The maximum atomic E-state index is 13.2. The van der Waals surface area contributed by atoms with Crippen LogP contribution in [0.1, 0.15) is 63.8 Å². The molecule has 0 atom stereocenters. The van der Waals surface area contributed by atoms with Gasteiger partial charge in [0.05, 0.1) is 5.56 Å². The van der Waals surface area contributed by atoms with Crippen molar-refractivity contribution in [3.8, 4) is 11.1 Å². The first-order valence-electron chi connectivity index (χ1n) is 9.49. The van der Waals surface area contributed by atoms with Gasteiger partial charge in [-0.3, -0.25) is 14.6 Å².